The molecular weight excluding hydrogens is 444 g/mol. The lowest BCUT2D eigenvalue weighted by Gasteiger charge is -2.09. The monoisotopic (exact) mass is 468 g/mol. The molecule has 0 aliphatic carbocycles. The number of nitrogens with one attached hydrogen (secondary N) is 2. The molecule has 0 bridgehead atoms. The smallest absolute Gasteiger partial charge is 0.262 e. The molecule has 0 radical (unpaired) electrons. The second-order valence-electron chi connectivity index (χ2n) is 7.43. The van der Waals surface area contributed by atoms with Crippen LogP contribution in [-0.2, 0) is 17.7 Å². The topological polar surface area (TPSA) is 89.0 Å². The number of methoxy groups -OCH3 is 1. The lowest BCUT2D eigenvalue weighted by atomic mass is 10.1. The Morgan fingerprint density at radius 3 is 2.91 bits per heavy atom. The third-order valence-corrected chi connectivity index (χ3v) is 6.58. The Hall–Kier alpha value is -2.88. The summed E-state index contributed by atoms with van der Waals surface area (Å²) in [4.78, 5) is 33.1. The second-order valence-corrected chi connectivity index (χ2v) is 8.93. The standard InChI is InChI=1S/C23H24N4O3S2/c1-30-13-5-12-27-22(29)16-10-9-15(14-18(16)26-23(27)31)21(28)24-11-4-8-20-25-17-6-2-3-7-19(17)32-20/h2-3,6-7,9-10,14H,4-5,8,11-13H2,1H3,(H,24,28)(H,26,31). The summed E-state index contributed by atoms with van der Waals surface area (Å²) in [6.45, 7) is 1.58. The predicted molar refractivity (Wildman–Crippen MR) is 130 cm³/mol. The number of aromatic nitrogens is 3. The number of aromatic amines is 1. The molecule has 0 saturated heterocycles. The van der Waals surface area contributed by atoms with Crippen molar-refractivity contribution in [2.24, 2.45) is 0 Å². The summed E-state index contributed by atoms with van der Waals surface area (Å²) in [5, 5.41) is 4.52. The Morgan fingerprint density at radius 2 is 2.09 bits per heavy atom. The van der Waals surface area contributed by atoms with Gasteiger partial charge in [-0.05, 0) is 55.4 Å². The number of ether oxygens (including phenoxy) is 1. The largest absolute Gasteiger partial charge is 0.385 e. The number of hydrogen-bond donors (Lipinski definition) is 2. The van der Waals surface area contributed by atoms with E-state index >= 15 is 0 Å². The SMILES string of the molecule is COCCCn1c(=S)[nH]c2cc(C(=O)NCCCc3nc4ccccc4s3)ccc2c1=O. The van der Waals surface area contributed by atoms with Crippen LogP contribution in [0, 0.1) is 4.77 Å². The van der Waals surface area contributed by atoms with Crippen LogP contribution in [0.3, 0.4) is 0 Å². The van der Waals surface area contributed by atoms with Crippen molar-refractivity contribution in [2.75, 3.05) is 20.3 Å². The molecule has 0 aliphatic heterocycles. The average molecular weight is 469 g/mol. The molecule has 1 amide bonds. The highest BCUT2D eigenvalue weighted by molar-refractivity contribution is 7.71. The zero-order valence-electron chi connectivity index (χ0n) is 17.7. The van der Waals surface area contributed by atoms with Gasteiger partial charge in [-0.3, -0.25) is 14.2 Å². The molecule has 0 fully saturated rings. The third-order valence-electron chi connectivity index (χ3n) is 5.17. The summed E-state index contributed by atoms with van der Waals surface area (Å²) in [6, 6.07) is 13.1. The molecule has 4 aromatic rings. The van der Waals surface area contributed by atoms with Crippen LogP contribution in [0.25, 0.3) is 21.1 Å². The Kier molecular flexibility index (Phi) is 7.09. The van der Waals surface area contributed by atoms with Gasteiger partial charge in [-0.15, -0.1) is 11.3 Å². The fourth-order valence-corrected chi connectivity index (χ4v) is 4.83. The molecular formula is C23H24N4O3S2. The molecule has 32 heavy (non-hydrogen) atoms. The van der Waals surface area contributed by atoms with Crippen LogP contribution in [0.5, 0.6) is 0 Å². The van der Waals surface area contributed by atoms with E-state index in [-0.39, 0.29) is 11.5 Å². The lowest BCUT2D eigenvalue weighted by molar-refractivity contribution is 0.0953. The first-order valence-corrected chi connectivity index (χ1v) is 11.7. The van der Waals surface area contributed by atoms with E-state index in [1.165, 1.54) is 9.27 Å². The van der Waals surface area contributed by atoms with Gasteiger partial charge in [-0.25, -0.2) is 4.98 Å². The number of hydrogen-bond acceptors (Lipinski definition) is 6. The molecule has 2 N–H and O–H groups in total. The van der Waals surface area contributed by atoms with E-state index in [0.717, 1.165) is 23.4 Å². The fraction of sp³-hybridized carbons (Fsp3) is 0.304. The van der Waals surface area contributed by atoms with Crippen molar-refractivity contribution in [1.82, 2.24) is 19.9 Å². The molecule has 4 rings (SSSR count). The van der Waals surface area contributed by atoms with E-state index in [4.69, 9.17) is 17.0 Å². The molecule has 7 nitrogen and oxygen atoms in total. The molecule has 2 heterocycles. The number of amides is 1. The first-order valence-electron chi connectivity index (χ1n) is 10.5. The molecule has 2 aromatic heterocycles. The van der Waals surface area contributed by atoms with Crippen molar-refractivity contribution in [3.8, 4) is 0 Å². The minimum absolute atomic E-state index is 0.164. The molecule has 0 saturated carbocycles. The Labute approximate surface area is 194 Å². The summed E-state index contributed by atoms with van der Waals surface area (Å²) < 4.78 is 8.09. The maximum Gasteiger partial charge on any atom is 0.262 e. The molecule has 0 atom stereocenters. The minimum atomic E-state index is -0.181. The van der Waals surface area contributed by atoms with Crippen LogP contribution in [0.1, 0.15) is 28.2 Å². The predicted octanol–water partition coefficient (Wildman–Crippen LogP) is 4.07. The van der Waals surface area contributed by atoms with Gasteiger partial charge in [-0.1, -0.05) is 12.1 Å². The number of para-hydroxylation sites is 1. The number of carbonyl (C=O) groups is 1. The molecule has 2 aromatic carbocycles. The third kappa shape index (κ3) is 4.95. The van der Waals surface area contributed by atoms with Crippen molar-refractivity contribution in [3.05, 3.63) is 68.2 Å². The van der Waals surface area contributed by atoms with Gasteiger partial charge in [0.1, 0.15) is 0 Å². The number of fused-ring (bicyclic) bond motifs is 2. The lowest BCUT2D eigenvalue weighted by Crippen LogP contribution is -2.26. The van der Waals surface area contributed by atoms with Crippen molar-refractivity contribution >= 4 is 50.6 Å². The first-order chi connectivity index (χ1) is 15.6. The number of thiazole rings is 1. The zero-order chi connectivity index (χ0) is 22.5. The molecule has 9 heteroatoms. The van der Waals surface area contributed by atoms with Gasteiger partial charge in [-0.2, -0.15) is 0 Å². The number of nitrogens with zero attached hydrogens (tertiary/aromatic N) is 2. The highest BCUT2D eigenvalue weighted by Gasteiger charge is 2.11. The van der Waals surface area contributed by atoms with E-state index in [0.29, 0.717) is 47.4 Å². The number of benzene rings is 2. The van der Waals surface area contributed by atoms with E-state index in [1.54, 1.807) is 36.6 Å². The second kappa shape index (κ2) is 10.2. The summed E-state index contributed by atoms with van der Waals surface area (Å²) in [7, 11) is 1.62. The van der Waals surface area contributed by atoms with Gasteiger partial charge in [0.05, 0.1) is 26.1 Å². The highest BCUT2D eigenvalue weighted by Crippen LogP contribution is 2.22. The Bertz CT molecular complexity index is 1340. The van der Waals surface area contributed by atoms with Crippen LogP contribution < -0.4 is 10.9 Å². The van der Waals surface area contributed by atoms with Gasteiger partial charge < -0.3 is 15.0 Å². The van der Waals surface area contributed by atoms with Crippen molar-refractivity contribution < 1.29 is 9.53 Å². The van der Waals surface area contributed by atoms with Crippen molar-refractivity contribution in [3.63, 3.8) is 0 Å². The van der Waals surface area contributed by atoms with E-state index in [9.17, 15) is 9.59 Å². The summed E-state index contributed by atoms with van der Waals surface area (Å²) >= 11 is 7.03. The summed E-state index contributed by atoms with van der Waals surface area (Å²) in [5.41, 5.74) is 1.90. The fourth-order valence-electron chi connectivity index (χ4n) is 3.54. The summed E-state index contributed by atoms with van der Waals surface area (Å²) in [5.74, 6) is -0.181. The molecule has 0 unspecified atom stereocenters. The minimum Gasteiger partial charge on any atom is -0.385 e. The summed E-state index contributed by atoms with van der Waals surface area (Å²) in [6.07, 6.45) is 2.30. The van der Waals surface area contributed by atoms with Gasteiger partial charge in [0.2, 0.25) is 0 Å². The zero-order valence-corrected chi connectivity index (χ0v) is 19.4. The molecule has 0 spiro atoms. The highest BCUT2D eigenvalue weighted by atomic mass is 32.1. The van der Waals surface area contributed by atoms with Crippen molar-refractivity contribution in [1.29, 1.82) is 0 Å². The van der Waals surface area contributed by atoms with Crippen LogP contribution in [-0.4, -0.2) is 40.7 Å². The first kappa shape index (κ1) is 22.3. The Balaban J connectivity index is 1.39. The van der Waals surface area contributed by atoms with Gasteiger partial charge in [0.15, 0.2) is 4.77 Å². The van der Waals surface area contributed by atoms with Crippen molar-refractivity contribution in [2.45, 2.75) is 25.8 Å². The molecule has 166 valence electrons. The number of carbonyl (C=O) groups excluding carboxylic acids is 1. The van der Waals surface area contributed by atoms with Crippen LogP contribution >= 0.6 is 23.6 Å². The maximum absolute atomic E-state index is 12.8. The van der Waals surface area contributed by atoms with Gasteiger partial charge >= 0.3 is 0 Å². The van der Waals surface area contributed by atoms with Crippen LogP contribution in [0.15, 0.2) is 47.3 Å². The van der Waals surface area contributed by atoms with Gasteiger partial charge in [0.25, 0.3) is 11.5 Å². The van der Waals surface area contributed by atoms with Gasteiger partial charge in [0, 0.05) is 38.8 Å². The Morgan fingerprint density at radius 1 is 1.25 bits per heavy atom. The number of aryl methyl sites for hydroxylation is 1. The van der Waals surface area contributed by atoms with Crippen LogP contribution in [0.2, 0.25) is 0 Å². The number of H-pyrrole nitrogens is 1. The van der Waals surface area contributed by atoms with E-state index in [2.05, 4.69) is 21.4 Å². The number of rotatable bonds is 9. The van der Waals surface area contributed by atoms with E-state index < -0.39 is 0 Å². The van der Waals surface area contributed by atoms with Crippen LogP contribution in [0.4, 0.5) is 0 Å². The maximum atomic E-state index is 12.8. The normalized spacial score (nSPS) is 11.3. The van der Waals surface area contributed by atoms with E-state index in [1.807, 2.05) is 18.2 Å². The average Bonchev–Trinajstić information content (AvgIpc) is 3.21. The molecule has 0 aliphatic rings. The quantitative estimate of drug-likeness (QED) is 0.286.